The molecule has 0 saturated carbocycles. The second kappa shape index (κ2) is 10.3. The minimum Gasteiger partial charge on any atom is -0.507 e. The van der Waals surface area contributed by atoms with Gasteiger partial charge in [0.05, 0.1) is 5.56 Å². The first-order chi connectivity index (χ1) is 18.6. The standard InChI is InChI=1S/C31H27N3O4S/c1-19-10-12-23(16-21(19)3)29-32-30(24-13-11-20(2)22(4)17-24)34-31(33-29)27-15-14-25(18-28(27)35)38-39(36,37)26-8-6-5-7-9-26/h5-18,35H,1-4H3. The summed E-state index contributed by atoms with van der Waals surface area (Å²) >= 11 is 0. The van der Waals surface area contributed by atoms with Crippen molar-refractivity contribution in [2.75, 3.05) is 0 Å². The molecule has 7 nitrogen and oxygen atoms in total. The topological polar surface area (TPSA) is 102 Å². The number of phenolic OH excluding ortho intramolecular Hbond substituents is 1. The van der Waals surface area contributed by atoms with Crippen molar-refractivity contribution in [2.45, 2.75) is 32.6 Å². The van der Waals surface area contributed by atoms with Crippen molar-refractivity contribution in [3.63, 3.8) is 0 Å². The Morgan fingerprint density at radius 2 is 1.15 bits per heavy atom. The number of hydrogen-bond donors (Lipinski definition) is 1. The van der Waals surface area contributed by atoms with Gasteiger partial charge in [-0.05, 0) is 86.3 Å². The highest BCUT2D eigenvalue weighted by Gasteiger charge is 2.19. The molecule has 0 spiro atoms. The first-order valence-corrected chi connectivity index (χ1v) is 13.8. The molecule has 0 amide bonds. The molecule has 0 saturated heterocycles. The van der Waals surface area contributed by atoms with E-state index in [1.54, 1.807) is 18.2 Å². The zero-order valence-electron chi connectivity index (χ0n) is 22.0. The van der Waals surface area contributed by atoms with Crippen LogP contribution in [0.4, 0.5) is 0 Å². The Balaban J connectivity index is 1.59. The van der Waals surface area contributed by atoms with Gasteiger partial charge in [0.25, 0.3) is 0 Å². The first-order valence-electron chi connectivity index (χ1n) is 12.3. The minimum atomic E-state index is -4.06. The fourth-order valence-electron chi connectivity index (χ4n) is 4.03. The van der Waals surface area contributed by atoms with Gasteiger partial charge in [0.15, 0.2) is 17.5 Å². The molecule has 8 heteroatoms. The molecule has 0 aliphatic carbocycles. The maximum absolute atomic E-state index is 12.6. The lowest BCUT2D eigenvalue weighted by Gasteiger charge is -2.12. The van der Waals surface area contributed by atoms with E-state index in [1.807, 2.05) is 64.1 Å². The number of nitrogens with zero attached hydrogens (tertiary/aromatic N) is 3. The molecule has 0 aliphatic heterocycles. The van der Waals surface area contributed by atoms with E-state index in [-0.39, 0.29) is 22.2 Å². The van der Waals surface area contributed by atoms with E-state index < -0.39 is 10.1 Å². The van der Waals surface area contributed by atoms with Crippen molar-refractivity contribution >= 4 is 10.1 Å². The summed E-state index contributed by atoms with van der Waals surface area (Å²) in [5, 5.41) is 10.9. The Labute approximate surface area is 228 Å². The van der Waals surface area contributed by atoms with Crippen LogP contribution in [0, 0.1) is 27.7 Å². The van der Waals surface area contributed by atoms with Crippen LogP contribution in [-0.2, 0) is 10.1 Å². The summed E-state index contributed by atoms with van der Waals surface area (Å²) in [5.41, 5.74) is 6.47. The van der Waals surface area contributed by atoms with Crippen LogP contribution in [0.2, 0.25) is 0 Å². The van der Waals surface area contributed by atoms with Crippen molar-refractivity contribution in [1.82, 2.24) is 15.0 Å². The van der Waals surface area contributed by atoms with Gasteiger partial charge in [0.1, 0.15) is 16.4 Å². The summed E-state index contributed by atoms with van der Waals surface area (Å²) in [6.45, 7) is 8.13. The predicted molar refractivity (Wildman–Crippen MR) is 151 cm³/mol. The molecule has 196 valence electrons. The molecule has 0 bridgehead atoms. The van der Waals surface area contributed by atoms with E-state index in [0.29, 0.717) is 17.2 Å². The van der Waals surface area contributed by atoms with Gasteiger partial charge in [-0.15, -0.1) is 0 Å². The summed E-state index contributed by atoms with van der Waals surface area (Å²) in [6.07, 6.45) is 0. The van der Waals surface area contributed by atoms with Crippen molar-refractivity contribution in [2.24, 2.45) is 0 Å². The van der Waals surface area contributed by atoms with E-state index >= 15 is 0 Å². The lowest BCUT2D eigenvalue weighted by molar-refractivity contribution is 0.464. The Kier molecular flexibility index (Phi) is 6.89. The van der Waals surface area contributed by atoms with E-state index in [9.17, 15) is 13.5 Å². The molecule has 1 heterocycles. The largest absolute Gasteiger partial charge is 0.507 e. The second-order valence-electron chi connectivity index (χ2n) is 9.43. The van der Waals surface area contributed by atoms with Crippen LogP contribution < -0.4 is 4.18 Å². The van der Waals surface area contributed by atoms with Crippen molar-refractivity contribution in [1.29, 1.82) is 0 Å². The third-order valence-corrected chi connectivity index (χ3v) is 7.87. The number of phenols is 1. The van der Waals surface area contributed by atoms with Crippen molar-refractivity contribution < 1.29 is 17.7 Å². The van der Waals surface area contributed by atoms with Gasteiger partial charge in [-0.25, -0.2) is 15.0 Å². The molecule has 0 unspecified atom stereocenters. The van der Waals surface area contributed by atoms with Gasteiger partial charge >= 0.3 is 10.1 Å². The average molecular weight is 538 g/mol. The highest BCUT2D eigenvalue weighted by molar-refractivity contribution is 7.87. The minimum absolute atomic E-state index is 0.0158. The zero-order chi connectivity index (χ0) is 27.7. The van der Waals surface area contributed by atoms with Gasteiger partial charge in [0.2, 0.25) is 0 Å². The summed E-state index contributed by atoms with van der Waals surface area (Å²) in [7, 11) is -4.06. The summed E-state index contributed by atoms with van der Waals surface area (Å²) in [4.78, 5) is 14.1. The lowest BCUT2D eigenvalue weighted by Crippen LogP contribution is -2.09. The molecule has 5 rings (SSSR count). The fraction of sp³-hybridized carbons (Fsp3) is 0.129. The maximum Gasteiger partial charge on any atom is 0.339 e. The van der Waals surface area contributed by atoms with Crippen LogP contribution in [-0.4, -0.2) is 28.5 Å². The predicted octanol–water partition coefficient (Wildman–Crippen LogP) is 6.58. The van der Waals surface area contributed by atoms with Crippen molar-refractivity contribution in [3.05, 3.63) is 107 Å². The number of rotatable bonds is 6. The van der Waals surface area contributed by atoms with Gasteiger partial charge in [0, 0.05) is 17.2 Å². The highest BCUT2D eigenvalue weighted by Crippen LogP contribution is 2.34. The third kappa shape index (κ3) is 5.51. The number of aryl methyl sites for hydroxylation is 4. The fourth-order valence-corrected chi connectivity index (χ4v) is 4.97. The van der Waals surface area contributed by atoms with Crippen LogP contribution >= 0.6 is 0 Å². The van der Waals surface area contributed by atoms with Crippen LogP contribution in [0.3, 0.4) is 0 Å². The van der Waals surface area contributed by atoms with Crippen LogP contribution in [0.5, 0.6) is 11.5 Å². The summed E-state index contributed by atoms with van der Waals surface area (Å²) in [6, 6.07) is 24.0. The lowest BCUT2D eigenvalue weighted by atomic mass is 10.0. The Hall–Kier alpha value is -4.56. The molecule has 39 heavy (non-hydrogen) atoms. The van der Waals surface area contributed by atoms with E-state index in [1.165, 1.54) is 30.3 Å². The molecule has 0 fully saturated rings. The summed E-state index contributed by atoms with van der Waals surface area (Å²) in [5.74, 6) is 0.920. The van der Waals surface area contributed by atoms with Crippen LogP contribution in [0.25, 0.3) is 34.2 Å². The molecule has 1 N–H and O–H groups in total. The zero-order valence-corrected chi connectivity index (χ0v) is 22.8. The second-order valence-corrected chi connectivity index (χ2v) is 11.0. The number of aromatic hydroxyl groups is 1. The molecule has 0 aliphatic rings. The van der Waals surface area contributed by atoms with Crippen molar-refractivity contribution in [3.8, 4) is 45.7 Å². The molecule has 1 aromatic heterocycles. The van der Waals surface area contributed by atoms with Gasteiger partial charge in [-0.2, -0.15) is 8.42 Å². The number of benzene rings is 4. The van der Waals surface area contributed by atoms with Crippen LogP contribution in [0.15, 0.2) is 89.8 Å². The molecular weight excluding hydrogens is 510 g/mol. The molecule has 0 radical (unpaired) electrons. The number of hydrogen-bond acceptors (Lipinski definition) is 7. The Morgan fingerprint density at radius 1 is 0.615 bits per heavy atom. The highest BCUT2D eigenvalue weighted by atomic mass is 32.2. The average Bonchev–Trinajstić information content (AvgIpc) is 2.92. The molecule has 5 aromatic rings. The monoisotopic (exact) mass is 537 g/mol. The summed E-state index contributed by atoms with van der Waals surface area (Å²) < 4.78 is 30.5. The third-order valence-electron chi connectivity index (χ3n) is 6.61. The first kappa shape index (κ1) is 26.1. The Bertz CT molecular complexity index is 1730. The maximum atomic E-state index is 12.6. The van der Waals surface area contributed by atoms with Gasteiger partial charge in [-0.1, -0.05) is 42.5 Å². The van der Waals surface area contributed by atoms with Crippen LogP contribution in [0.1, 0.15) is 22.3 Å². The smallest absolute Gasteiger partial charge is 0.339 e. The molecule has 4 aromatic carbocycles. The Morgan fingerprint density at radius 3 is 1.67 bits per heavy atom. The normalized spacial score (nSPS) is 11.4. The van der Waals surface area contributed by atoms with Gasteiger partial charge in [-0.3, -0.25) is 0 Å². The van der Waals surface area contributed by atoms with E-state index in [4.69, 9.17) is 9.17 Å². The number of aromatic nitrogens is 3. The molecular formula is C31H27N3O4S. The van der Waals surface area contributed by atoms with Gasteiger partial charge < -0.3 is 9.29 Å². The quantitative estimate of drug-likeness (QED) is 0.244. The van der Waals surface area contributed by atoms with E-state index in [0.717, 1.165) is 33.4 Å². The van der Waals surface area contributed by atoms with E-state index in [2.05, 4.69) is 9.97 Å². The molecule has 0 atom stereocenters. The SMILES string of the molecule is Cc1ccc(-c2nc(-c3ccc(C)c(C)c3)nc(-c3ccc(OS(=O)(=O)c4ccccc4)cc3O)n2)cc1C.